The Morgan fingerprint density at radius 3 is 2.86 bits per heavy atom. The second-order valence-electron chi connectivity index (χ2n) is 7.04. The number of carbonyl (C=O) groups excluding carboxylic acids is 1. The first-order valence-electron chi connectivity index (χ1n) is 8.98. The second kappa shape index (κ2) is 7.74. The number of halogens is 1. The molecule has 0 saturated carbocycles. The predicted octanol–water partition coefficient (Wildman–Crippen LogP) is 4.96. The highest BCUT2D eigenvalue weighted by Crippen LogP contribution is 2.38. The summed E-state index contributed by atoms with van der Waals surface area (Å²) in [5.74, 6) is 0.218. The van der Waals surface area contributed by atoms with Crippen LogP contribution in [0.1, 0.15) is 41.1 Å². The lowest BCUT2D eigenvalue weighted by molar-refractivity contribution is -0.0543. The molecule has 0 spiro atoms. The molecule has 1 atom stereocenters. The van der Waals surface area contributed by atoms with Crippen LogP contribution in [-0.4, -0.2) is 27.1 Å². The third-order valence-electron chi connectivity index (χ3n) is 5.08. The van der Waals surface area contributed by atoms with Gasteiger partial charge < -0.3 is 9.72 Å². The van der Waals surface area contributed by atoms with E-state index in [1.807, 2.05) is 12.1 Å². The van der Waals surface area contributed by atoms with Gasteiger partial charge in [-0.3, -0.25) is 9.59 Å². The molecule has 1 aliphatic heterocycles. The van der Waals surface area contributed by atoms with Gasteiger partial charge in [-0.1, -0.05) is 46.7 Å². The van der Waals surface area contributed by atoms with Crippen molar-refractivity contribution in [3.05, 3.63) is 55.1 Å². The fraction of sp³-hybridized carbons (Fsp3) is 0.350. The summed E-state index contributed by atoms with van der Waals surface area (Å²) in [7, 11) is 0. The second-order valence-corrected chi connectivity index (χ2v) is 10.0. The van der Waals surface area contributed by atoms with Crippen LogP contribution < -0.4 is 5.56 Å². The number of benzene rings is 1. The summed E-state index contributed by atoms with van der Waals surface area (Å²) in [6, 6.07) is 7.24. The van der Waals surface area contributed by atoms with E-state index in [0.717, 1.165) is 32.6 Å². The Morgan fingerprint density at radius 2 is 2.14 bits per heavy atom. The lowest BCUT2D eigenvalue weighted by Gasteiger charge is -2.32. The minimum absolute atomic E-state index is 0.00201. The van der Waals surface area contributed by atoms with Gasteiger partial charge in [-0.2, -0.15) is 0 Å². The number of thioether (sulfide) groups is 1. The molecule has 1 aliphatic rings. The van der Waals surface area contributed by atoms with Crippen molar-refractivity contribution in [2.45, 2.75) is 44.1 Å². The van der Waals surface area contributed by atoms with Crippen LogP contribution in [0.25, 0.3) is 10.2 Å². The SMILES string of the molecule is CC[C@@]1(C)Cc2c(sc3nc(SCC(=O)c4ccc(Br)cc4)[nH]c(=O)c23)CO1. The first-order valence-corrected chi connectivity index (χ1v) is 11.6. The van der Waals surface area contributed by atoms with Gasteiger partial charge in [0.25, 0.3) is 5.56 Å². The zero-order chi connectivity index (χ0) is 19.9. The average molecular weight is 479 g/mol. The molecule has 3 aromatic rings. The van der Waals surface area contributed by atoms with Crippen LogP contribution in [0, 0.1) is 0 Å². The highest BCUT2D eigenvalue weighted by Gasteiger charge is 2.33. The number of aromatic amines is 1. The van der Waals surface area contributed by atoms with E-state index in [1.165, 1.54) is 23.1 Å². The number of thiophene rings is 1. The first kappa shape index (κ1) is 19.8. The van der Waals surface area contributed by atoms with Gasteiger partial charge in [-0.25, -0.2) is 4.98 Å². The molecule has 4 rings (SSSR count). The summed E-state index contributed by atoms with van der Waals surface area (Å²) < 4.78 is 6.92. The van der Waals surface area contributed by atoms with Crippen LogP contribution in [0.2, 0.25) is 0 Å². The van der Waals surface area contributed by atoms with Crippen LogP contribution in [0.3, 0.4) is 0 Å². The Bertz CT molecular complexity index is 1110. The normalized spacial score (nSPS) is 19.0. The molecule has 28 heavy (non-hydrogen) atoms. The summed E-state index contributed by atoms with van der Waals surface area (Å²) in [5, 5.41) is 1.15. The maximum absolute atomic E-state index is 12.8. The molecule has 3 heterocycles. The van der Waals surface area contributed by atoms with E-state index in [4.69, 9.17) is 4.74 Å². The number of rotatable bonds is 5. The van der Waals surface area contributed by atoms with Crippen LogP contribution >= 0.6 is 39.0 Å². The molecule has 0 radical (unpaired) electrons. The van der Waals surface area contributed by atoms with E-state index in [-0.39, 0.29) is 22.7 Å². The third kappa shape index (κ3) is 3.83. The largest absolute Gasteiger partial charge is 0.369 e. The van der Waals surface area contributed by atoms with Crippen LogP contribution in [0.15, 0.2) is 38.7 Å². The van der Waals surface area contributed by atoms with Gasteiger partial charge in [0.2, 0.25) is 0 Å². The molecule has 0 fully saturated rings. The Morgan fingerprint density at radius 1 is 1.39 bits per heavy atom. The van der Waals surface area contributed by atoms with E-state index in [1.54, 1.807) is 12.1 Å². The minimum atomic E-state index is -0.238. The highest BCUT2D eigenvalue weighted by molar-refractivity contribution is 9.10. The summed E-state index contributed by atoms with van der Waals surface area (Å²) in [4.78, 5) is 34.4. The number of H-pyrrole nitrogens is 1. The van der Waals surface area contributed by atoms with Gasteiger partial charge in [0.1, 0.15) is 4.83 Å². The van der Waals surface area contributed by atoms with Crippen molar-refractivity contribution >= 4 is 55.0 Å². The molecule has 8 heteroatoms. The zero-order valence-corrected chi connectivity index (χ0v) is 18.7. The van der Waals surface area contributed by atoms with E-state index < -0.39 is 0 Å². The fourth-order valence-electron chi connectivity index (χ4n) is 3.21. The zero-order valence-electron chi connectivity index (χ0n) is 15.5. The molecular formula is C20H19BrN2O3S2. The lowest BCUT2D eigenvalue weighted by Crippen LogP contribution is -2.34. The van der Waals surface area contributed by atoms with Crippen molar-refractivity contribution in [3.63, 3.8) is 0 Å². The molecule has 2 aromatic heterocycles. The van der Waals surface area contributed by atoms with Gasteiger partial charge in [-0.05, 0) is 31.0 Å². The Kier molecular flexibility index (Phi) is 5.48. The molecule has 0 saturated heterocycles. The van der Waals surface area contributed by atoms with Crippen molar-refractivity contribution in [2.24, 2.45) is 0 Å². The fourth-order valence-corrected chi connectivity index (χ4v) is 5.39. The van der Waals surface area contributed by atoms with Crippen molar-refractivity contribution in [1.29, 1.82) is 0 Å². The van der Waals surface area contributed by atoms with Crippen LogP contribution in [-0.2, 0) is 17.8 Å². The Hall–Kier alpha value is -1.48. The number of ketones is 1. The Balaban J connectivity index is 1.58. The summed E-state index contributed by atoms with van der Waals surface area (Å²) in [6.07, 6.45) is 1.61. The number of aromatic nitrogens is 2. The molecule has 146 valence electrons. The number of ether oxygens (including phenoxy) is 1. The van der Waals surface area contributed by atoms with E-state index in [9.17, 15) is 9.59 Å². The van der Waals surface area contributed by atoms with Gasteiger partial charge >= 0.3 is 0 Å². The quantitative estimate of drug-likeness (QED) is 0.318. The molecule has 0 unspecified atom stereocenters. The molecule has 0 bridgehead atoms. The van der Waals surface area contributed by atoms with E-state index in [0.29, 0.717) is 22.7 Å². The maximum atomic E-state index is 12.8. The number of Topliss-reactive ketones (excluding diaryl/α,β-unsaturated/α-hetero) is 1. The standard InChI is InChI=1S/C20H19BrN2O3S2/c1-3-20(2)8-13-15(9-26-20)28-18-16(13)17(25)22-19(23-18)27-10-14(24)11-4-6-12(21)7-5-11/h4-7H,3,8-10H2,1-2H3,(H,22,23,25)/t20-/m0/s1. The number of carbonyl (C=O) groups is 1. The average Bonchev–Trinajstić information content (AvgIpc) is 3.04. The van der Waals surface area contributed by atoms with Crippen molar-refractivity contribution in [3.8, 4) is 0 Å². The molecule has 1 N–H and O–H groups in total. The van der Waals surface area contributed by atoms with Gasteiger partial charge in [0.15, 0.2) is 10.9 Å². The number of hydrogen-bond donors (Lipinski definition) is 1. The number of nitrogens with one attached hydrogen (secondary N) is 1. The summed E-state index contributed by atoms with van der Waals surface area (Å²) in [5.41, 5.74) is 1.33. The molecule has 1 aromatic carbocycles. The maximum Gasteiger partial charge on any atom is 0.260 e. The summed E-state index contributed by atoms with van der Waals surface area (Å²) in [6.45, 7) is 4.70. The van der Waals surface area contributed by atoms with E-state index >= 15 is 0 Å². The van der Waals surface area contributed by atoms with Crippen molar-refractivity contribution in [1.82, 2.24) is 9.97 Å². The topological polar surface area (TPSA) is 72.0 Å². The van der Waals surface area contributed by atoms with Gasteiger partial charge in [0.05, 0.1) is 23.3 Å². The molecule has 0 aliphatic carbocycles. The molecular weight excluding hydrogens is 460 g/mol. The number of hydrogen-bond acceptors (Lipinski definition) is 6. The minimum Gasteiger partial charge on any atom is -0.369 e. The van der Waals surface area contributed by atoms with E-state index in [2.05, 4.69) is 39.7 Å². The Labute approximate surface area is 179 Å². The summed E-state index contributed by atoms with van der Waals surface area (Å²) >= 11 is 6.13. The number of nitrogens with zero attached hydrogens (tertiary/aromatic N) is 1. The first-order chi connectivity index (χ1) is 13.4. The lowest BCUT2D eigenvalue weighted by atomic mass is 9.90. The predicted molar refractivity (Wildman–Crippen MR) is 117 cm³/mol. The third-order valence-corrected chi connectivity index (χ3v) is 7.58. The number of fused-ring (bicyclic) bond motifs is 3. The van der Waals surface area contributed by atoms with Crippen molar-refractivity contribution < 1.29 is 9.53 Å². The molecule has 0 amide bonds. The van der Waals surface area contributed by atoms with Crippen LogP contribution in [0.4, 0.5) is 0 Å². The van der Waals surface area contributed by atoms with Crippen LogP contribution in [0.5, 0.6) is 0 Å². The van der Waals surface area contributed by atoms with Gasteiger partial charge in [-0.15, -0.1) is 11.3 Å². The van der Waals surface area contributed by atoms with Crippen molar-refractivity contribution in [2.75, 3.05) is 5.75 Å². The smallest absolute Gasteiger partial charge is 0.260 e. The highest BCUT2D eigenvalue weighted by atomic mass is 79.9. The monoisotopic (exact) mass is 478 g/mol. The molecule has 5 nitrogen and oxygen atoms in total. The van der Waals surface area contributed by atoms with Gasteiger partial charge in [0, 0.05) is 21.3 Å².